The van der Waals surface area contributed by atoms with E-state index >= 15 is 0 Å². The smallest absolute Gasteiger partial charge is 0.229 e. The molecule has 0 aliphatic carbocycles. The van der Waals surface area contributed by atoms with Crippen molar-refractivity contribution >= 4 is 68.2 Å². The van der Waals surface area contributed by atoms with Gasteiger partial charge in [0.25, 0.3) is 0 Å². The van der Waals surface area contributed by atoms with E-state index in [1.54, 1.807) is 43.7 Å². The second-order valence-electron chi connectivity index (χ2n) is 11.3. The number of halogens is 1. The van der Waals surface area contributed by atoms with Gasteiger partial charge >= 0.3 is 0 Å². The molecule has 5 heterocycles. The van der Waals surface area contributed by atoms with Gasteiger partial charge in [-0.3, -0.25) is 14.6 Å². The minimum Gasteiger partial charge on any atom is -0.494 e. The topological polar surface area (TPSA) is 132 Å². The molecule has 3 aromatic heterocycles. The SMILES string of the molecule is COc1cc(N2C[C@H]3C[C@@H]2CO3)c(-c2cnn(C)c2)cc1Nc1ncc(Br)c(Nc2ccc3nccnc3c2P(C)(C)=O)n1. The molecule has 226 valence electrons. The first kappa shape index (κ1) is 28.7. The molecule has 2 aromatic carbocycles. The largest absolute Gasteiger partial charge is 0.494 e. The van der Waals surface area contributed by atoms with Gasteiger partial charge in [-0.05, 0) is 53.9 Å². The highest BCUT2D eigenvalue weighted by molar-refractivity contribution is 9.10. The van der Waals surface area contributed by atoms with E-state index in [1.807, 2.05) is 31.6 Å². The Hall–Kier alpha value is -4.06. The van der Waals surface area contributed by atoms with Gasteiger partial charge in [0.2, 0.25) is 5.95 Å². The van der Waals surface area contributed by atoms with Crippen LogP contribution in [0, 0.1) is 0 Å². The number of aromatic nitrogens is 6. The average molecular weight is 677 g/mol. The lowest BCUT2D eigenvalue weighted by atomic mass is 10.0. The fraction of sp³-hybridized carbons (Fsp3) is 0.300. The van der Waals surface area contributed by atoms with Gasteiger partial charge in [-0.1, -0.05) is 0 Å². The number of nitrogens with zero attached hydrogens (tertiary/aromatic N) is 7. The summed E-state index contributed by atoms with van der Waals surface area (Å²) in [6.45, 7) is 5.00. The number of benzene rings is 2. The fourth-order valence-electron chi connectivity index (χ4n) is 5.99. The van der Waals surface area contributed by atoms with Crippen LogP contribution in [0.3, 0.4) is 0 Å². The fourth-order valence-corrected chi connectivity index (χ4v) is 7.67. The van der Waals surface area contributed by atoms with Crippen LogP contribution in [-0.2, 0) is 16.3 Å². The molecule has 0 amide bonds. The van der Waals surface area contributed by atoms with Crippen molar-refractivity contribution in [2.45, 2.75) is 18.6 Å². The lowest BCUT2D eigenvalue weighted by Crippen LogP contribution is -2.37. The Labute approximate surface area is 262 Å². The first-order valence-corrected chi connectivity index (χ1v) is 17.5. The van der Waals surface area contributed by atoms with Crippen LogP contribution >= 0.6 is 23.1 Å². The number of nitrogens with one attached hydrogen (secondary N) is 2. The lowest BCUT2D eigenvalue weighted by molar-refractivity contribution is 0.0991. The zero-order chi connectivity index (χ0) is 30.6. The third kappa shape index (κ3) is 5.29. The van der Waals surface area contributed by atoms with E-state index in [2.05, 4.69) is 63.6 Å². The van der Waals surface area contributed by atoms with Gasteiger partial charge < -0.3 is 29.6 Å². The van der Waals surface area contributed by atoms with Crippen LogP contribution in [0.4, 0.5) is 28.8 Å². The van der Waals surface area contributed by atoms with Crippen molar-refractivity contribution in [3.8, 4) is 16.9 Å². The standard InChI is InChI=1S/C30H31BrN9O3P/c1-39-14-17(12-35-39)20-10-24(26(42-2)11-25(20)40-15-19-9-18(40)16-43-19)37-30-34-13-21(31)29(38-30)36-23-6-5-22-27(33-8-7-32-22)28(23)44(3,4)41/h5-8,10-14,18-19H,9,15-16H2,1-4H3,(H2,34,36,37,38)/t18-,19-/m1/s1. The number of hydrogen-bond donors (Lipinski definition) is 2. The van der Waals surface area contributed by atoms with Gasteiger partial charge in [-0.15, -0.1) is 0 Å². The van der Waals surface area contributed by atoms with Gasteiger partial charge in [0.1, 0.15) is 24.2 Å². The maximum absolute atomic E-state index is 13.4. The molecule has 0 spiro atoms. The summed E-state index contributed by atoms with van der Waals surface area (Å²) < 4.78 is 27.6. The molecule has 2 atom stereocenters. The van der Waals surface area contributed by atoms with Gasteiger partial charge in [0.05, 0.1) is 58.7 Å². The zero-order valence-corrected chi connectivity index (χ0v) is 27.1. The Morgan fingerprint density at radius 2 is 1.93 bits per heavy atom. The molecular weight excluding hydrogens is 645 g/mol. The van der Waals surface area contributed by atoms with E-state index in [1.165, 1.54) is 0 Å². The van der Waals surface area contributed by atoms with Crippen LogP contribution in [0.5, 0.6) is 5.75 Å². The predicted octanol–water partition coefficient (Wildman–Crippen LogP) is 5.30. The molecule has 0 unspecified atom stereocenters. The lowest BCUT2D eigenvalue weighted by Gasteiger charge is -2.31. The number of methoxy groups -OCH3 is 1. The minimum atomic E-state index is -2.76. The predicted molar refractivity (Wildman–Crippen MR) is 176 cm³/mol. The van der Waals surface area contributed by atoms with Crippen LogP contribution in [0.25, 0.3) is 22.2 Å². The summed E-state index contributed by atoms with van der Waals surface area (Å²) in [5, 5.41) is 11.8. The Bertz CT molecular complexity index is 1950. The number of aryl methyl sites for hydroxylation is 1. The molecule has 2 aliphatic heterocycles. The molecule has 2 bridgehead atoms. The maximum Gasteiger partial charge on any atom is 0.229 e. The molecule has 2 N–H and O–H groups in total. The van der Waals surface area contributed by atoms with Crippen LogP contribution in [0.1, 0.15) is 6.42 Å². The number of anilines is 5. The maximum atomic E-state index is 13.4. The van der Waals surface area contributed by atoms with E-state index in [0.29, 0.717) is 55.7 Å². The van der Waals surface area contributed by atoms with Crippen LogP contribution in [0.15, 0.2) is 59.7 Å². The normalized spacial score (nSPS) is 17.8. The number of rotatable bonds is 8. The van der Waals surface area contributed by atoms with Crippen molar-refractivity contribution in [2.75, 3.05) is 49.1 Å². The number of fused-ring (bicyclic) bond motifs is 3. The molecular formula is C30H31BrN9O3P. The van der Waals surface area contributed by atoms with Crippen molar-refractivity contribution in [2.24, 2.45) is 7.05 Å². The molecule has 44 heavy (non-hydrogen) atoms. The molecule has 0 saturated carbocycles. The second-order valence-corrected chi connectivity index (χ2v) is 15.3. The summed E-state index contributed by atoms with van der Waals surface area (Å²) in [7, 11) is 0.805. The summed E-state index contributed by atoms with van der Waals surface area (Å²) >= 11 is 3.57. The number of morpholine rings is 1. The van der Waals surface area contributed by atoms with E-state index in [0.717, 1.165) is 36.4 Å². The average Bonchev–Trinajstić information content (AvgIpc) is 3.76. The summed E-state index contributed by atoms with van der Waals surface area (Å²) in [6.07, 6.45) is 10.0. The van der Waals surface area contributed by atoms with Crippen molar-refractivity contribution in [3.05, 3.63) is 59.7 Å². The molecule has 2 fully saturated rings. The summed E-state index contributed by atoms with van der Waals surface area (Å²) in [6, 6.07) is 8.15. The van der Waals surface area contributed by atoms with Gasteiger partial charge in [0.15, 0.2) is 0 Å². The molecule has 2 aliphatic rings. The first-order chi connectivity index (χ1) is 21.2. The second kappa shape index (κ2) is 11.1. The van der Waals surface area contributed by atoms with Crippen molar-refractivity contribution in [1.82, 2.24) is 29.7 Å². The van der Waals surface area contributed by atoms with Crippen LogP contribution < -0.4 is 25.6 Å². The van der Waals surface area contributed by atoms with Crippen molar-refractivity contribution in [3.63, 3.8) is 0 Å². The highest BCUT2D eigenvalue weighted by Gasteiger charge is 2.40. The van der Waals surface area contributed by atoms with E-state index < -0.39 is 7.14 Å². The Morgan fingerprint density at radius 3 is 2.64 bits per heavy atom. The van der Waals surface area contributed by atoms with E-state index in [9.17, 15) is 4.57 Å². The van der Waals surface area contributed by atoms with Gasteiger partial charge in [-0.2, -0.15) is 10.1 Å². The highest BCUT2D eigenvalue weighted by Crippen LogP contribution is 2.44. The minimum absolute atomic E-state index is 0.247. The summed E-state index contributed by atoms with van der Waals surface area (Å²) in [5.41, 5.74) is 5.71. The summed E-state index contributed by atoms with van der Waals surface area (Å²) in [5.74, 6) is 1.51. The van der Waals surface area contributed by atoms with E-state index in [4.69, 9.17) is 14.5 Å². The molecule has 2 saturated heterocycles. The van der Waals surface area contributed by atoms with Crippen LogP contribution in [0.2, 0.25) is 0 Å². The third-order valence-electron chi connectivity index (χ3n) is 7.94. The zero-order valence-electron chi connectivity index (χ0n) is 24.7. The molecule has 0 radical (unpaired) electrons. The molecule has 14 heteroatoms. The summed E-state index contributed by atoms with van der Waals surface area (Å²) in [4.78, 5) is 20.6. The third-order valence-corrected chi connectivity index (χ3v) is 10.0. The number of hydrogen-bond acceptors (Lipinski definition) is 11. The van der Waals surface area contributed by atoms with Crippen molar-refractivity contribution < 1.29 is 14.0 Å². The molecule has 12 nitrogen and oxygen atoms in total. The Morgan fingerprint density at radius 1 is 1.09 bits per heavy atom. The highest BCUT2D eigenvalue weighted by atomic mass is 79.9. The monoisotopic (exact) mass is 675 g/mol. The first-order valence-electron chi connectivity index (χ1n) is 14.1. The van der Waals surface area contributed by atoms with Gasteiger partial charge in [-0.25, -0.2) is 4.98 Å². The molecule has 7 rings (SSSR count). The molecule has 5 aromatic rings. The Balaban J connectivity index is 1.26. The van der Waals surface area contributed by atoms with Crippen molar-refractivity contribution in [1.29, 1.82) is 0 Å². The van der Waals surface area contributed by atoms with E-state index in [-0.39, 0.29) is 6.10 Å². The van der Waals surface area contributed by atoms with Gasteiger partial charge in [0, 0.05) is 61.3 Å². The Kier molecular flexibility index (Phi) is 7.26. The number of ether oxygens (including phenoxy) is 2. The van der Waals surface area contributed by atoms with Crippen LogP contribution in [-0.4, -0.2) is 75.5 Å². The quantitative estimate of drug-likeness (QED) is 0.208.